The summed E-state index contributed by atoms with van der Waals surface area (Å²) in [7, 11) is -2.37. The van der Waals surface area contributed by atoms with Gasteiger partial charge in [-0.3, -0.25) is 4.79 Å². The van der Waals surface area contributed by atoms with Gasteiger partial charge < -0.3 is 9.47 Å². The van der Waals surface area contributed by atoms with Crippen molar-refractivity contribution in [3.05, 3.63) is 63.7 Å². The molecule has 0 radical (unpaired) electrons. The van der Waals surface area contributed by atoms with Crippen molar-refractivity contribution in [1.29, 1.82) is 0 Å². The van der Waals surface area contributed by atoms with Crippen molar-refractivity contribution in [3.63, 3.8) is 0 Å². The summed E-state index contributed by atoms with van der Waals surface area (Å²) < 4.78 is 43.4. The maximum atomic E-state index is 15.1. The third-order valence-electron chi connectivity index (χ3n) is 6.14. The van der Waals surface area contributed by atoms with Crippen LogP contribution >= 0.6 is 0 Å². The third-order valence-corrected chi connectivity index (χ3v) is 8.03. The number of pyridine rings is 1. The molecule has 31 heavy (non-hydrogen) atoms. The minimum absolute atomic E-state index is 0.0696. The fraction of sp³-hybridized carbons (Fsp3) is 0.375. The Labute approximate surface area is 182 Å². The van der Waals surface area contributed by atoms with Crippen molar-refractivity contribution >= 4 is 26.4 Å². The Kier molecular flexibility index (Phi) is 5.41. The van der Waals surface area contributed by atoms with E-state index in [0.717, 1.165) is 31.5 Å². The molecular formula is C24H27FN2O3S. The van der Waals surface area contributed by atoms with Gasteiger partial charge >= 0.3 is 0 Å². The van der Waals surface area contributed by atoms with E-state index < -0.39 is 21.1 Å². The Balaban J connectivity index is 1.90. The number of halogens is 1. The lowest BCUT2D eigenvalue weighted by molar-refractivity contribution is 0.442. The van der Waals surface area contributed by atoms with Crippen molar-refractivity contribution in [2.24, 2.45) is 13.0 Å². The molecule has 1 aliphatic rings. The number of piperidine rings is 1. The first kappa shape index (κ1) is 21.6. The van der Waals surface area contributed by atoms with Gasteiger partial charge in [-0.2, -0.15) is 0 Å². The predicted molar refractivity (Wildman–Crippen MR) is 121 cm³/mol. The molecule has 2 aromatic carbocycles. The Bertz CT molecular complexity index is 1350. The van der Waals surface area contributed by atoms with Crippen LogP contribution in [0.25, 0.3) is 10.9 Å². The summed E-state index contributed by atoms with van der Waals surface area (Å²) in [6.07, 6.45) is 3.46. The molecule has 0 spiro atoms. The van der Waals surface area contributed by atoms with E-state index in [1.165, 1.54) is 12.3 Å². The Morgan fingerprint density at radius 1 is 1.10 bits per heavy atom. The summed E-state index contributed by atoms with van der Waals surface area (Å²) >= 11 is 0. The molecule has 7 heteroatoms. The van der Waals surface area contributed by atoms with E-state index in [2.05, 4.69) is 6.92 Å². The molecule has 1 atom stereocenters. The van der Waals surface area contributed by atoms with Gasteiger partial charge in [-0.05, 0) is 61.9 Å². The van der Waals surface area contributed by atoms with Crippen LogP contribution in [0.5, 0.6) is 0 Å². The molecule has 3 aromatic rings. The Hall–Kier alpha value is -2.67. The lowest BCUT2D eigenvalue weighted by atomic mass is 9.99. The molecule has 0 aliphatic carbocycles. The standard InChI is InChI=1S/C24H27FN2O3S/c1-15-7-8-17(3)22(10-15)31(29,30)23-14-26(4)20-12-21(19(25)11-18(20)24(23)28)27-9-5-6-16(2)13-27/h7-8,10-12,14,16H,5-6,9,13H2,1-4H3/t16-/m1/s1. The van der Waals surface area contributed by atoms with E-state index in [0.29, 0.717) is 22.7 Å². The first-order chi connectivity index (χ1) is 14.6. The van der Waals surface area contributed by atoms with E-state index in [1.807, 2.05) is 11.0 Å². The van der Waals surface area contributed by atoms with Crippen molar-refractivity contribution < 1.29 is 12.8 Å². The fourth-order valence-electron chi connectivity index (χ4n) is 4.42. The van der Waals surface area contributed by atoms with Crippen LogP contribution in [0.2, 0.25) is 0 Å². The molecular weight excluding hydrogens is 415 g/mol. The molecule has 1 fully saturated rings. The van der Waals surface area contributed by atoms with Gasteiger partial charge in [-0.15, -0.1) is 0 Å². The van der Waals surface area contributed by atoms with Gasteiger partial charge in [-0.1, -0.05) is 19.1 Å². The number of fused-ring (bicyclic) bond motifs is 1. The van der Waals surface area contributed by atoms with Gasteiger partial charge in [-0.25, -0.2) is 12.8 Å². The van der Waals surface area contributed by atoms with Gasteiger partial charge in [0.2, 0.25) is 15.3 Å². The lowest BCUT2D eigenvalue weighted by Gasteiger charge is -2.33. The van der Waals surface area contributed by atoms with Crippen LogP contribution < -0.4 is 10.3 Å². The number of rotatable bonds is 3. The number of nitrogens with zero attached hydrogens (tertiary/aromatic N) is 2. The Morgan fingerprint density at radius 2 is 1.84 bits per heavy atom. The van der Waals surface area contributed by atoms with Gasteiger partial charge in [0.05, 0.1) is 21.5 Å². The highest BCUT2D eigenvalue weighted by molar-refractivity contribution is 7.91. The predicted octanol–water partition coefficient (Wildman–Crippen LogP) is 4.36. The number of aromatic nitrogens is 1. The average Bonchev–Trinajstić information content (AvgIpc) is 2.72. The van der Waals surface area contributed by atoms with E-state index in [-0.39, 0.29) is 15.2 Å². The molecule has 164 valence electrons. The number of aryl methyl sites for hydroxylation is 3. The minimum atomic E-state index is -4.05. The van der Waals surface area contributed by atoms with Crippen LogP contribution in [0.1, 0.15) is 30.9 Å². The van der Waals surface area contributed by atoms with Crippen LogP contribution in [0.15, 0.2) is 51.1 Å². The topological polar surface area (TPSA) is 59.4 Å². The van der Waals surface area contributed by atoms with Crippen LogP contribution in [-0.2, 0) is 16.9 Å². The summed E-state index contributed by atoms with van der Waals surface area (Å²) in [5, 5.41) is 0.0696. The van der Waals surface area contributed by atoms with E-state index in [1.54, 1.807) is 43.7 Å². The number of benzene rings is 2. The molecule has 1 saturated heterocycles. The monoisotopic (exact) mass is 442 g/mol. The molecule has 4 rings (SSSR count). The number of anilines is 1. The van der Waals surface area contributed by atoms with E-state index in [4.69, 9.17) is 0 Å². The zero-order chi connectivity index (χ0) is 22.5. The molecule has 1 aromatic heterocycles. The normalized spacial score (nSPS) is 17.3. The quantitative estimate of drug-likeness (QED) is 0.605. The summed E-state index contributed by atoms with van der Waals surface area (Å²) in [4.78, 5) is 15.0. The SMILES string of the molecule is Cc1ccc(C)c(S(=O)(=O)c2cn(C)c3cc(N4CCC[C@@H](C)C4)c(F)cc3c2=O)c1. The van der Waals surface area contributed by atoms with E-state index >= 15 is 4.39 Å². The van der Waals surface area contributed by atoms with Crippen LogP contribution in [0, 0.1) is 25.6 Å². The smallest absolute Gasteiger partial charge is 0.212 e. The van der Waals surface area contributed by atoms with Crippen molar-refractivity contribution in [2.45, 2.75) is 43.4 Å². The summed E-state index contributed by atoms with van der Waals surface area (Å²) in [5.41, 5.74) is 1.65. The second-order valence-electron chi connectivity index (χ2n) is 8.72. The summed E-state index contributed by atoms with van der Waals surface area (Å²) in [6, 6.07) is 7.97. The van der Waals surface area contributed by atoms with Gasteiger partial charge in [0.15, 0.2) is 0 Å². The lowest BCUT2D eigenvalue weighted by Crippen LogP contribution is -2.35. The molecule has 0 bridgehead atoms. The first-order valence-electron chi connectivity index (χ1n) is 10.5. The maximum Gasteiger partial charge on any atom is 0.212 e. The van der Waals surface area contributed by atoms with Crippen LogP contribution in [0.4, 0.5) is 10.1 Å². The Morgan fingerprint density at radius 3 is 2.55 bits per heavy atom. The molecule has 0 amide bonds. The van der Waals surface area contributed by atoms with Gasteiger partial charge in [0.25, 0.3) is 0 Å². The highest BCUT2D eigenvalue weighted by atomic mass is 32.2. The first-order valence-corrected chi connectivity index (χ1v) is 12.0. The molecule has 0 unspecified atom stereocenters. The zero-order valence-electron chi connectivity index (χ0n) is 18.3. The van der Waals surface area contributed by atoms with Crippen molar-refractivity contribution in [2.75, 3.05) is 18.0 Å². The van der Waals surface area contributed by atoms with E-state index in [9.17, 15) is 13.2 Å². The number of sulfone groups is 1. The summed E-state index contributed by atoms with van der Waals surface area (Å²) in [5.74, 6) is -0.0299. The minimum Gasteiger partial charge on any atom is -0.369 e. The van der Waals surface area contributed by atoms with Crippen LogP contribution in [-0.4, -0.2) is 26.1 Å². The summed E-state index contributed by atoms with van der Waals surface area (Å²) in [6.45, 7) is 7.17. The van der Waals surface area contributed by atoms with Gasteiger partial charge in [0.1, 0.15) is 10.7 Å². The maximum absolute atomic E-state index is 15.1. The van der Waals surface area contributed by atoms with Gasteiger partial charge in [0, 0.05) is 26.3 Å². The highest BCUT2D eigenvalue weighted by Gasteiger charge is 2.27. The highest BCUT2D eigenvalue weighted by Crippen LogP contribution is 2.30. The molecule has 2 heterocycles. The average molecular weight is 443 g/mol. The molecule has 0 N–H and O–H groups in total. The second kappa shape index (κ2) is 7.79. The molecule has 5 nitrogen and oxygen atoms in total. The van der Waals surface area contributed by atoms with Crippen molar-refractivity contribution in [3.8, 4) is 0 Å². The fourth-order valence-corrected chi connectivity index (χ4v) is 6.14. The third kappa shape index (κ3) is 3.76. The number of hydrogen-bond donors (Lipinski definition) is 0. The molecule has 1 aliphatic heterocycles. The second-order valence-corrected chi connectivity index (χ2v) is 10.6. The van der Waals surface area contributed by atoms with Crippen LogP contribution in [0.3, 0.4) is 0 Å². The largest absolute Gasteiger partial charge is 0.369 e. The molecule has 0 saturated carbocycles. The van der Waals surface area contributed by atoms with Crippen molar-refractivity contribution in [1.82, 2.24) is 4.57 Å². The number of hydrogen-bond acceptors (Lipinski definition) is 4. The zero-order valence-corrected chi connectivity index (χ0v) is 19.1.